The summed E-state index contributed by atoms with van der Waals surface area (Å²) in [6, 6.07) is 20.1. The van der Waals surface area contributed by atoms with Gasteiger partial charge in [0, 0.05) is 18.5 Å². The molecule has 0 spiro atoms. The molecule has 3 N–H and O–H groups in total. The quantitative estimate of drug-likeness (QED) is 0.734. The third kappa shape index (κ3) is 5.11. The molecule has 0 bridgehead atoms. The normalized spacial score (nSPS) is 12.3. The summed E-state index contributed by atoms with van der Waals surface area (Å²) in [6.45, 7) is 4.67. The van der Waals surface area contributed by atoms with Gasteiger partial charge in [0.15, 0.2) is 0 Å². The van der Waals surface area contributed by atoms with Gasteiger partial charge in [-0.2, -0.15) is 0 Å². The second-order valence-corrected chi connectivity index (χ2v) is 5.92. The standard InChI is InChI=1S/C19H24N2O2/c1-14(2)20-13-17(21-19(22)23)18(15-9-5-3-6-10-15)16-11-7-4-8-12-16/h3-12,14,17-18,20-21H,13H2,1-2H3,(H,22,23)/t17-/m1/s1. The van der Waals surface area contributed by atoms with E-state index in [1.165, 1.54) is 0 Å². The molecule has 2 aromatic carbocycles. The van der Waals surface area contributed by atoms with E-state index < -0.39 is 6.09 Å². The SMILES string of the molecule is CC(C)NC[C@@H](NC(=O)O)C(c1ccccc1)c1ccccc1. The summed E-state index contributed by atoms with van der Waals surface area (Å²) >= 11 is 0. The molecule has 0 heterocycles. The van der Waals surface area contributed by atoms with Crippen molar-refractivity contribution in [3.05, 3.63) is 71.8 Å². The molecule has 23 heavy (non-hydrogen) atoms. The summed E-state index contributed by atoms with van der Waals surface area (Å²) in [6.07, 6.45) is -1.00. The summed E-state index contributed by atoms with van der Waals surface area (Å²) in [7, 11) is 0. The van der Waals surface area contributed by atoms with Crippen molar-refractivity contribution < 1.29 is 9.90 Å². The van der Waals surface area contributed by atoms with E-state index in [1.54, 1.807) is 0 Å². The van der Waals surface area contributed by atoms with Crippen LogP contribution >= 0.6 is 0 Å². The number of nitrogens with one attached hydrogen (secondary N) is 2. The Hall–Kier alpha value is -2.33. The summed E-state index contributed by atoms with van der Waals surface area (Å²) < 4.78 is 0. The lowest BCUT2D eigenvalue weighted by molar-refractivity contribution is 0.188. The van der Waals surface area contributed by atoms with Crippen LogP contribution in [0.5, 0.6) is 0 Å². The minimum atomic E-state index is -1.00. The van der Waals surface area contributed by atoms with Crippen LogP contribution in [0.2, 0.25) is 0 Å². The summed E-state index contributed by atoms with van der Waals surface area (Å²) in [5.74, 6) is -0.0419. The molecule has 2 rings (SSSR count). The van der Waals surface area contributed by atoms with E-state index in [4.69, 9.17) is 0 Å². The zero-order chi connectivity index (χ0) is 16.7. The number of hydrogen-bond acceptors (Lipinski definition) is 2. The molecule has 0 saturated carbocycles. The summed E-state index contributed by atoms with van der Waals surface area (Å²) in [4.78, 5) is 11.3. The molecule has 0 aliphatic rings. The van der Waals surface area contributed by atoms with E-state index in [0.29, 0.717) is 12.6 Å². The largest absolute Gasteiger partial charge is 0.465 e. The van der Waals surface area contributed by atoms with Crippen LogP contribution in [0.4, 0.5) is 4.79 Å². The molecule has 1 amide bonds. The Balaban J connectivity index is 2.37. The minimum Gasteiger partial charge on any atom is -0.465 e. The van der Waals surface area contributed by atoms with Crippen molar-refractivity contribution in [2.45, 2.75) is 31.8 Å². The highest BCUT2D eigenvalue weighted by atomic mass is 16.4. The fourth-order valence-electron chi connectivity index (χ4n) is 2.75. The van der Waals surface area contributed by atoms with Gasteiger partial charge in [0.2, 0.25) is 0 Å². The van der Waals surface area contributed by atoms with Crippen LogP contribution in [0, 0.1) is 0 Å². The van der Waals surface area contributed by atoms with Crippen molar-refractivity contribution in [2.75, 3.05) is 6.54 Å². The topological polar surface area (TPSA) is 61.4 Å². The van der Waals surface area contributed by atoms with Gasteiger partial charge >= 0.3 is 6.09 Å². The van der Waals surface area contributed by atoms with E-state index in [-0.39, 0.29) is 12.0 Å². The van der Waals surface area contributed by atoms with Crippen molar-refractivity contribution in [1.82, 2.24) is 10.6 Å². The van der Waals surface area contributed by atoms with E-state index in [2.05, 4.69) is 24.5 Å². The van der Waals surface area contributed by atoms with Crippen LogP contribution in [0.1, 0.15) is 30.9 Å². The highest BCUT2D eigenvalue weighted by Crippen LogP contribution is 2.28. The Labute approximate surface area is 137 Å². The number of amides is 1. The monoisotopic (exact) mass is 312 g/mol. The number of rotatable bonds is 7. The third-order valence-corrected chi connectivity index (χ3v) is 3.77. The maximum Gasteiger partial charge on any atom is 0.404 e. The Morgan fingerprint density at radius 2 is 1.43 bits per heavy atom. The zero-order valence-electron chi connectivity index (χ0n) is 13.6. The van der Waals surface area contributed by atoms with E-state index in [1.807, 2.05) is 60.7 Å². The fourth-order valence-corrected chi connectivity index (χ4v) is 2.75. The number of benzene rings is 2. The molecular formula is C19H24N2O2. The average molecular weight is 312 g/mol. The van der Waals surface area contributed by atoms with E-state index in [0.717, 1.165) is 11.1 Å². The smallest absolute Gasteiger partial charge is 0.404 e. The molecule has 0 radical (unpaired) electrons. The lowest BCUT2D eigenvalue weighted by atomic mass is 9.85. The molecule has 1 atom stereocenters. The predicted molar refractivity (Wildman–Crippen MR) is 92.8 cm³/mol. The van der Waals surface area contributed by atoms with Crippen molar-refractivity contribution in [3.8, 4) is 0 Å². The van der Waals surface area contributed by atoms with Crippen molar-refractivity contribution in [2.24, 2.45) is 0 Å². The molecule has 4 nitrogen and oxygen atoms in total. The van der Waals surface area contributed by atoms with E-state index in [9.17, 15) is 9.90 Å². The van der Waals surface area contributed by atoms with Crippen LogP contribution in [0.3, 0.4) is 0 Å². The van der Waals surface area contributed by atoms with Crippen molar-refractivity contribution in [1.29, 1.82) is 0 Å². The van der Waals surface area contributed by atoms with Crippen LogP contribution in [-0.4, -0.2) is 29.8 Å². The van der Waals surface area contributed by atoms with Gasteiger partial charge in [-0.25, -0.2) is 4.79 Å². The highest BCUT2D eigenvalue weighted by Gasteiger charge is 2.26. The Morgan fingerprint density at radius 3 is 1.83 bits per heavy atom. The van der Waals surface area contributed by atoms with E-state index >= 15 is 0 Å². The summed E-state index contributed by atoms with van der Waals surface area (Å²) in [5, 5.41) is 15.3. The molecule has 4 heteroatoms. The molecular weight excluding hydrogens is 288 g/mol. The first-order valence-electron chi connectivity index (χ1n) is 7.90. The van der Waals surface area contributed by atoms with Gasteiger partial charge in [0.05, 0.1) is 6.04 Å². The van der Waals surface area contributed by atoms with Gasteiger partial charge in [-0.3, -0.25) is 0 Å². The predicted octanol–water partition coefficient (Wildman–Crippen LogP) is 3.45. The minimum absolute atomic E-state index is 0.0419. The Bertz CT molecular complexity index is 560. The first-order chi connectivity index (χ1) is 11.1. The first kappa shape index (κ1) is 17.0. The van der Waals surface area contributed by atoms with Gasteiger partial charge in [0.1, 0.15) is 0 Å². The van der Waals surface area contributed by atoms with Crippen molar-refractivity contribution >= 4 is 6.09 Å². The Kier molecular flexibility index (Phi) is 6.18. The van der Waals surface area contributed by atoms with Crippen LogP contribution in [-0.2, 0) is 0 Å². The molecule has 0 unspecified atom stereocenters. The Morgan fingerprint density at radius 1 is 0.957 bits per heavy atom. The number of carboxylic acid groups (broad SMARTS) is 1. The molecule has 0 aliphatic heterocycles. The third-order valence-electron chi connectivity index (χ3n) is 3.77. The molecule has 0 fully saturated rings. The number of carbonyl (C=O) groups is 1. The highest BCUT2D eigenvalue weighted by molar-refractivity contribution is 5.65. The van der Waals surface area contributed by atoms with Gasteiger partial charge in [0.25, 0.3) is 0 Å². The second-order valence-electron chi connectivity index (χ2n) is 5.92. The molecule has 0 saturated heterocycles. The maximum absolute atomic E-state index is 11.3. The molecule has 2 aromatic rings. The first-order valence-corrected chi connectivity index (χ1v) is 7.90. The number of hydrogen-bond donors (Lipinski definition) is 3. The maximum atomic E-state index is 11.3. The lowest BCUT2D eigenvalue weighted by Gasteiger charge is -2.29. The van der Waals surface area contributed by atoms with Gasteiger partial charge in [-0.15, -0.1) is 0 Å². The second kappa shape index (κ2) is 8.34. The van der Waals surface area contributed by atoms with Crippen LogP contribution < -0.4 is 10.6 Å². The molecule has 122 valence electrons. The van der Waals surface area contributed by atoms with Gasteiger partial charge in [-0.05, 0) is 11.1 Å². The fraction of sp³-hybridized carbons (Fsp3) is 0.316. The van der Waals surface area contributed by atoms with Gasteiger partial charge < -0.3 is 15.7 Å². The van der Waals surface area contributed by atoms with Crippen LogP contribution in [0.15, 0.2) is 60.7 Å². The average Bonchev–Trinajstić information content (AvgIpc) is 2.54. The molecule has 0 aliphatic carbocycles. The molecule has 0 aromatic heterocycles. The summed E-state index contributed by atoms with van der Waals surface area (Å²) in [5.41, 5.74) is 2.20. The van der Waals surface area contributed by atoms with Gasteiger partial charge in [-0.1, -0.05) is 74.5 Å². The van der Waals surface area contributed by atoms with Crippen LogP contribution in [0.25, 0.3) is 0 Å². The zero-order valence-corrected chi connectivity index (χ0v) is 13.6. The lowest BCUT2D eigenvalue weighted by Crippen LogP contribution is -2.47. The van der Waals surface area contributed by atoms with Crippen molar-refractivity contribution in [3.63, 3.8) is 0 Å².